The normalized spacial score (nSPS) is 15.3. The molecule has 1 aliphatic heterocycles. The highest BCUT2D eigenvalue weighted by Crippen LogP contribution is 2.31. The van der Waals surface area contributed by atoms with Crippen molar-refractivity contribution in [3.63, 3.8) is 0 Å². The van der Waals surface area contributed by atoms with E-state index < -0.39 is 26.7 Å². The number of oxime groups is 1. The average Bonchev–Trinajstić information content (AvgIpc) is 2.78. The number of nitrogens with zero attached hydrogens (tertiary/aromatic N) is 3. The molecule has 2 aromatic rings. The molecule has 1 fully saturated rings. The first-order chi connectivity index (χ1) is 15.2. The number of halogens is 3. The fourth-order valence-electron chi connectivity index (χ4n) is 2.99. The van der Waals surface area contributed by atoms with Crippen molar-refractivity contribution in [3.05, 3.63) is 59.9 Å². The molecule has 8 nitrogen and oxygen atoms in total. The van der Waals surface area contributed by atoms with E-state index in [1.54, 1.807) is 24.5 Å². The minimum Gasteiger partial charge on any atom is -0.386 e. The van der Waals surface area contributed by atoms with Crippen LogP contribution in [0.4, 0.5) is 13.2 Å². The van der Waals surface area contributed by atoms with Crippen LogP contribution in [0.1, 0.15) is 24.0 Å². The number of amides is 1. The molecule has 0 saturated carbocycles. The van der Waals surface area contributed by atoms with Crippen LogP contribution in [0.2, 0.25) is 0 Å². The lowest BCUT2D eigenvalue weighted by Gasteiger charge is -2.26. The van der Waals surface area contributed by atoms with Gasteiger partial charge in [-0.15, -0.1) is 0 Å². The highest BCUT2D eigenvalue weighted by molar-refractivity contribution is 7.89. The zero-order valence-electron chi connectivity index (χ0n) is 16.9. The van der Waals surface area contributed by atoms with E-state index in [9.17, 15) is 26.4 Å². The molecule has 1 saturated heterocycles. The standard InChI is InChI=1S/C20H21F3N4O4S/c21-20(22,23)16-2-1-3-18(12-16)32(29,30)27-10-6-17(7-11-27)26-31-14-19(28)25-13-15-4-8-24-9-5-15/h1-5,8-9,12H,6-7,10-11,13-14H2,(H,25,28). The third kappa shape index (κ3) is 6.26. The largest absolute Gasteiger partial charge is 0.416 e. The number of nitrogens with one attached hydrogen (secondary N) is 1. The Labute approximate surface area is 183 Å². The quantitative estimate of drug-likeness (QED) is 0.627. The molecule has 1 aromatic carbocycles. The molecular weight excluding hydrogens is 449 g/mol. The van der Waals surface area contributed by atoms with Crippen LogP contribution in [0.15, 0.2) is 58.8 Å². The Morgan fingerprint density at radius 1 is 1.16 bits per heavy atom. The Bertz CT molecular complexity index is 1070. The zero-order chi connectivity index (χ0) is 23.2. The molecule has 0 atom stereocenters. The van der Waals surface area contributed by atoms with Crippen molar-refractivity contribution in [2.24, 2.45) is 5.16 Å². The second-order valence-corrected chi connectivity index (χ2v) is 8.93. The summed E-state index contributed by atoms with van der Waals surface area (Å²) in [5, 5.41) is 6.56. The number of rotatable bonds is 7. The summed E-state index contributed by atoms with van der Waals surface area (Å²) in [4.78, 5) is 20.3. The van der Waals surface area contributed by atoms with Crippen LogP contribution in [0.25, 0.3) is 0 Å². The van der Waals surface area contributed by atoms with Crippen LogP contribution >= 0.6 is 0 Å². The summed E-state index contributed by atoms with van der Waals surface area (Å²) in [6.45, 7) is 0.133. The lowest BCUT2D eigenvalue weighted by Crippen LogP contribution is -2.38. The monoisotopic (exact) mass is 470 g/mol. The summed E-state index contributed by atoms with van der Waals surface area (Å²) in [6.07, 6.45) is -0.907. The molecule has 0 radical (unpaired) electrons. The number of alkyl halides is 3. The Morgan fingerprint density at radius 3 is 2.50 bits per heavy atom. The molecule has 32 heavy (non-hydrogen) atoms. The highest BCUT2D eigenvalue weighted by Gasteiger charge is 2.33. The molecule has 1 amide bonds. The minimum atomic E-state index is -4.63. The van der Waals surface area contributed by atoms with E-state index >= 15 is 0 Å². The smallest absolute Gasteiger partial charge is 0.386 e. The number of benzene rings is 1. The second kappa shape index (κ2) is 10.1. The number of sulfonamides is 1. The first-order valence-electron chi connectivity index (χ1n) is 9.67. The van der Waals surface area contributed by atoms with Crippen molar-refractivity contribution in [1.82, 2.24) is 14.6 Å². The molecule has 172 valence electrons. The van der Waals surface area contributed by atoms with Crippen molar-refractivity contribution in [3.8, 4) is 0 Å². The maximum absolute atomic E-state index is 12.9. The predicted molar refractivity (Wildman–Crippen MR) is 109 cm³/mol. The predicted octanol–water partition coefficient (Wildman–Crippen LogP) is 2.57. The van der Waals surface area contributed by atoms with E-state index in [-0.39, 0.29) is 38.4 Å². The zero-order valence-corrected chi connectivity index (χ0v) is 17.7. The van der Waals surface area contributed by atoms with Crippen molar-refractivity contribution >= 4 is 21.6 Å². The van der Waals surface area contributed by atoms with E-state index in [0.29, 0.717) is 18.3 Å². The number of hydrogen-bond acceptors (Lipinski definition) is 6. The number of piperidine rings is 1. The third-order valence-corrected chi connectivity index (χ3v) is 6.62. The van der Waals surface area contributed by atoms with E-state index in [2.05, 4.69) is 15.5 Å². The molecule has 0 aliphatic carbocycles. The van der Waals surface area contributed by atoms with Crippen molar-refractivity contribution in [2.45, 2.75) is 30.5 Å². The van der Waals surface area contributed by atoms with Crippen molar-refractivity contribution in [2.75, 3.05) is 19.7 Å². The van der Waals surface area contributed by atoms with Crippen LogP contribution in [0.5, 0.6) is 0 Å². The van der Waals surface area contributed by atoms with Gasteiger partial charge in [-0.05, 0) is 35.9 Å². The number of carbonyl (C=O) groups excluding carboxylic acids is 1. The first kappa shape index (κ1) is 23.7. The fraction of sp³-hybridized carbons (Fsp3) is 0.350. The topological polar surface area (TPSA) is 101 Å². The van der Waals surface area contributed by atoms with E-state index in [4.69, 9.17) is 4.84 Å². The summed E-state index contributed by atoms with van der Waals surface area (Å²) in [6, 6.07) is 7.20. The number of aromatic nitrogens is 1. The van der Waals surface area contributed by atoms with Gasteiger partial charge in [0, 0.05) is 44.9 Å². The Kier molecular flexibility index (Phi) is 7.46. The average molecular weight is 470 g/mol. The summed E-state index contributed by atoms with van der Waals surface area (Å²) in [5.74, 6) is -0.365. The molecule has 3 rings (SSSR count). The maximum Gasteiger partial charge on any atom is 0.416 e. The highest BCUT2D eigenvalue weighted by atomic mass is 32.2. The molecular formula is C20H21F3N4O4S. The Morgan fingerprint density at radius 2 is 1.84 bits per heavy atom. The van der Waals surface area contributed by atoms with Gasteiger partial charge in [-0.3, -0.25) is 9.78 Å². The van der Waals surface area contributed by atoms with Crippen LogP contribution in [-0.4, -0.2) is 49.0 Å². The molecule has 0 bridgehead atoms. The van der Waals surface area contributed by atoms with Crippen molar-refractivity contribution in [1.29, 1.82) is 0 Å². The lowest BCUT2D eigenvalue weighted by atomic mass is 10.1. The van der Waals surface area contributed by atoms with Gasteiger partial charge in [0.05, 0.1) is 16.2 Å². The molecule has 1 aromatic heterocycles. The van der Waals surface area contributed by atoms with Gasteiger partial charge in [-0.25, -0.2) is 8.42 Å². The first-order valence-corrected chi connectivity index (χ1v) is 11.1. The summed E-state index contributed by atoms with van der Waals surface area (Å²) < 4.78 is 65.2. The lowest BCUT2D eigenvalue weighted by molar-refractivity contribution is -0.137. The van der Waals surface area contributed by atoms with Gasteiger partial charge in [0.15, 0.2) is 6.61 Å². The van der Waals surface area contributed by atoms with E-state index in [1.165, 1.54) is 0 Å². The SMILES string of the molecule is O=C(CON=C1CCN(S(=O)(=O)c2cccc(C(F)(F)F)c2)CC1)NCc1ccncc1. The maximum atomic E-state index is 12.9. The molecule has 12 heteroatoms. The number of carbonyl (C=O) groups is 1. The second-order valence-electron chi connectivity index (χ2n) is 6.99. The van der Waals surface area contributed by atoms with Crippen molar-refractivity contribution < 1.29 is 31.2 Å². The van der Waals surface area contributed by atoms with Gasteiger partial charge in [-0.1, -0.05) is 11.2 Å². The summed E-state index contributed by atoms with van der Waals surface area (Å²) >= 11 is 0. The molecule has 0 spiro atoms. The third-order valence-electron chi connectivity index (χ3n) is 4.73. The minimum absolute atomic E-state index is 0.0506. The molecule has 1 aliphatic rings. The van der Waals surface area contributed by atoms with Crippen LogP contribution < -0.4 is 5.32 Å². The van der Waals surface area contributed by atoms with Crippen LogP contribution in [0.3, 0.4) is 0 Å². The summed E-state index contributed by atoms with van der Waals surface area (Å²) in [5.41, 5.74) is 0.435. The summed E-state index contributed by atoms with van der Waals surface area (Å²) in [7, 11) is -4.07. The van der Waals surface area contributed by atoms with Gasteiger partial charge in [-0.2, -0.15) is 17.5 Å². The van der Waals surface area contributed by atoms with Gasteiger partial charge in [0.1, 0.15) is 0 Å². The van der Waals surface area contributed by atoms with Crippen LogP contribution in [0, 0.1) is 0 Å². The van der Waals surface area contributed by atoms with Gasteiger partial charge in [0.2, 0.25) is 10.0 Å². The van der Waals surface area contributed by atoms with Crippen LogP contribution in [-0.2, 0) is 32.4 Å². The van der Waals surface area contributed by atoms with E-state index in [1.807, 2.05) is 0 Å². The number of pyridine rings is 1. The molecule has 0 unspecified atom stereocenters. The van der Waals surface area contributed by atoms with Gasteiger partial charge < -0.3 is 10.2 Å². The molecule has 1 N–H and O–H groups in total. The Hall–Kier alpha value is -2.99. The van der Waals surface area contributed by atoms with E-state index in [0.717, 1.165) is 28.1 Å². The molecule has 2 heterocycles. The van der Waals surface area contributed by atoms with Gasteiger partial charge >= 0.3 is 6.18 Å². The fourth-order valence-corrected chi connectivity index (χ4v) is 4.48. The van der Waals surface area contributed by atoms with Gasteiger partial charge in [0.25, 0.3) is 5.91 Å². The number of hydrogen-bond donors (Lipinski definition) is 1. The Balaban J connectivity index is 1.49.